The fourth-order valence-electron chi connectivity index (χ4n) is 0.840. The van der Waals surface area contributed by atoms with Gasteiger partial charge in [0.05, 0.1) is 0 Å². The van der Waals surface area contributed by atoms with Crippen LogP contribution in [-0.2, 0) is 0 Å². The molecule has 0 aromatic heterocycles. The molecule has 13 heavy (non-hydrogen) atoms. The number of amides is 1. The quantitative estimate of drug-likeness (QED) is 0.726. The van der Waals surface area contributed by atoms with Crippen molar-refractivity contribution in [2.45, 2.75) is 0 Å². The Hall–Kier alpha value is -0.320. The SMILES string of the molecule is CN(C(=O)SSCl)c1ccccc1. The Morgan fingerprint density at radius 1 is 1.38 bits per heavy atom. The molecule has 2 nitrogen and oxygen atoms in total. The summed E-state index contributed by atoms with van der Waals surface area (Å²) in [5.41, 5.74) is 0.866. The summed E-state index contributed by atoms with van der Waals surface area (Å²) in [5.74, 6) is 0. The summed E-state index contributed by atoms with van der Waals surface area (Å²) in [6.07, 6.45) is 0. The van der Waals surface area contributed by atoms with Gasteiger partial charge in [-0.3, -0.25) is 4.79 Å². The van der Waals surface area contributed by atoms with Gasteiger partial charge in [0, 0.05) is 33.5 Å². The zero-order chi connectivity index (χ0) is 9.68. The van der Waals surface area contributed by atoms with Crippen molar-refractivity contribution in [2.24, 2.45) is 0 Å². The molecule has 0 aliphatic rings. The highest BCUT2D eigenvalue weighted by Crippen LogP contribution is 2.29. The van der Waals surface area contributed by atoms with Crippen LogP contribution in [0.15, 0.2) is 30.3 Å². The lowest BCUT2D eigenvalue weighted by atomic mass is 10.3. The van der Waals surface area contributed by atoms with Crippen LogP contribution in [0.1, 0.15) is 0 Å². The van der Waals surface area contributed by atoms with Crippen molar-refractivity contribution in [1.82, 2.24) is 0 Å². The molecule has 70 valence electrons. The Morgan fingerprint density at radius 3 is 2.54 bits per heavy atom. The molecular formula is C8H8ClNOS2. The van der Waals surface area contributed by atoms with Crippen LogP contribution in [0.3, 0.4) is 0 Å². The number of para-hydroxylation sites is 1. The molecule has 0 heterocycles. The van der Waals surface area contributed by atoms with Gasteiger partial charge in [0.1, 0.15) is 0 Å². The van der Waals surface area contributed by atoms with Crippen LogP contribution in [0.2, 0.25) is 0 Å². The van der Waals surface area contributed by atoms with Crippen molar-refractivity contribution in [2.75, 3.05) is 11.9 Å². The highest BCUT2D eigenvalue weighted by atomic mass is 35.7. The predicted molar refractivity (Wildman–Crippen MR) is 61.3 cm³/mol. The van der Waals surface area contributed by atoms with E-state index in [1.807, 2.05) is 30.3 Å². The minimum absolute atomic E-state index is 0.0776. The maximum Gasteiger partial charge on any atom is 0.297 e. The van der Waals surface area contributed by atoms with Gasteiger partial charge in [-0.15, -0.1) is 0 Å². The number of rotatable bonds is 2. The molecule has 0 saturated heterocycles. The van der Waals surface area contributed by atoms with E-state index < -0.39 is 0 Å². The minimum Gasteiger partial charge on any atom is -0.306 e. The molecule has 1 aromatic carbocycles. The molecule has 1 rings (SSSR count). The maximum atomic E-state index is 11.3. The van der Waals surface area contributed by atoms with Crippen molar-refractivity contribution in [3.8, 4) is 0 Å². The number of carbonyl (C=O) groups is 1. The zero-order valence-corrected chi connectivity index (χ0v) is 9.33. The Labute approximate surface area is 89.5 Å². The number of hydrogen-bond acceptors (Lipinski definition) is 3. The lowest BCUT2D eigenvalue weighted by Gasteiger charge is -2.14. The summed E-state index contributed by atoms with van der Waals surface area (Å²) in [6, 6.07) is 9.43. The Bertz CT molecular complexity index is 281. The van der Waals surface area contributed by atoms with Gasteiger partial charge in [-0.25, -0.2) is 0 Å². The van der Waals surface area contributed by atoms with Gasteiger partial charge in [-0.05, 0) is 22.8 Å². The summed E-state index contributed by atoms with van der Waals surface area (Å²) in [7, 11) is 9.01. The fourth-order valence-corrected chi connectivity index (χ4v) is 2.09. The van der Waals surface area contributed by atoms with Gasteiger partial charge in [-0.1, -0.05) is 18.2 Å². The first-order chi connectivity index (χ1) is 6.25. The molecule has 5 heteroatoms. The minimum atomic E-state index is -0.0776. The largest absolute Gasteiger partial charge is 0.306 e. The molecule has 0 radical (unpaired) electrons. The summed E-state index contributed by atoms with van der Waals surface area (Å²) < 4.78 is 0. The molecule has 0 unspecified atom stereocenters. The van der Waals surface area contributed by atoms with Crippen LogP contribution in [0.4, 0.5) is 10.5 Å². The van der Waals surface area contributed by atoms with Gasteiger partial charge in [0.15, 0.2) is 0 Å². The number of benzene rings is 1. The van der Waals surface area contributed by atoms with Crippen LogP contribution < -0.4 is 4.90 Å². The second-order valence-corrected chi connectivity index (χ2v) is 4.96. The van der Waals surface area contributed by atoms with Gasteiger partial charge in [0.2, 0.25) is 0 Å². The third-order valence-corrected chi connectivity index (χ3v) is 3.18. The Kier molecular flexibility index (Phi) is 4.48. The van der Waals surface area contributed by atoms with E-state index in [9.17, 15) is 4.79 Å². The fraction of sp³-hybridized carbons (Fsp3) is 0.125. The summed E-state index contributed by atoms with van der Waals surface area (Å²) in [4.78, 5) is 12.9. The van der Waals surface area contributed by atoms with E-state index in [0.29, 0.717) is 0 Å². The van der Waals surface area contributed by atoms with E-state index >= 15 is 0 Å². The third kappa shape index (κ3) is 3.14. The van der Waals surface area contributed by atoms with Crippen molar-refractivity contribution >= 4 is 42.4 Å². The number of carbonyl (C=O) groups excluding carboxylic acids is 1. The number of nitrogens with zero attached hydrogens (tertiary/aromatic N) is 1. The van der Waals surface area contributed by atoms with Crippen LogP contribution >= 0.6 is 31.5 Å². The molecular weight excluding hydrogens is 226 g/mol. The smallest absolute Gasteiger partial charge is 0.297 e. The molecule has 0 spiro atoms. The summed E-state index contributed by atoms with van der Waals surface area (Å²) >= 11 is 0. The maximum absolute atomic E-state index is 11.3. The average molecular weight is 234 g/mol. The first-order valence-electron chi connectivity index (χ1n) is 3.53. The molecule has 1 amide bonds. The first-order valence-corrected chi connectivity index (χ1v) is 6.51. The number of hydrogen-bond donors (Lipinski definition) is 0. The standard InChI is InChI=1S/C8H8ClNOS2/c1-10(8(11)12-13-9)7-5-3-2-4-6-7/h2-6H,1H3. The summed E-state index contributed by atoms with van der Waals surface area (Å²) in [5, 5.41) is -0.0776. The Balaban J connectivity index is 2.68. The molecule has 0 fully saturated rings. The van der Waals surface area contributed by atoms with Crippen LogP contribution in [0.25, 0.3) is 0 Å². The predicted octanol–water partition coefficient (Wildman–Crippen LogP) is 3.78. The van der Waals surface area contributed by atoms with Gasteiger partial charge in [-0.2, -0.15) is 0 Å². The first kappa shape index (κ1) is 10.8. The number of halogens is 1. The molecule has 0 aliphatic heterocycles. The third-order valence-electron chi connectivity index (χ3n) is 1.52. The van der Waals surface area contributed by atoms with E-state index in [1.54, 1.807) is 11.9 Å². The van der Waals surface area contributed by atoms with Crippen molar-refractivity contribution < 1.29 is 4.79 Å². The van der Waals surface area contributed by atoms with Gasteiger partial charge in [0.25, 0.3) is 5.24 Å². The van der Waals surface area contributed by atoms with E-state index in [2.05, 4.69) is 0 Å². The molecule has 1 aromatic rings. The van der Waals surface area contributed by atoms with E-state index in [1.165, 1.54) is 0 Å². The van der Waals surface area contributed by atoms with Crippen molar-refractivity contribution in [3.63, 3.8) is 0 Å². The van der Waals surface area contributed by atoms with E-state index in [4.69, 9.17) is 10.7 Å². The molecule has 0 N–H and O–H groups in total. The normalized spacial score (nSPS) is 9.69. The number of anilines is 1. The van der Waals surface area contributed by atoms with E-state index in [-0.39, 0.29) is 5.24 Å². The lowest BCUT2D eigenvalue weighted by Crippen LogP contribution is -2.20. The van der Waals surface area contributed by atoms with Crippen LogP contribution in [-0.4, -0.2) is 12.3 Å². The second-order valence-electron chi connectivity index (χ2n) is 2.31. The van der Waals surface area contributed by atoms with Crippen LogP contribution in [0, 0.1) is 0 Å². The van der Waals surface area contributed by atoms with Gasteiger partial charge < -0.3 is 4.90 Å². The van der Waals surface area contributed by atoms with E-state index in [0.717, 1.165) is 26.5 Å². The molecule has 0 aliphatic carbocycles. The lowest BCUT2D eigenvalue weighted by molar-refractivity contribution is 0.266. The highest BCUT2D eigenvalue weighted by molar-refractivity contribution is 8.89. The Morgan fingerprint density at radius 2 is 2.00 bits per heavy atom. The van der Waals surface area contributed by atoms with Crippen LogP contribution in [0.5, 0.6) is 0 Å². The molecule has 0 atom stereocenters. The second kappa shape index (κ2) is 5.42. The van der Waals surface area contributed by atoms with Crippen molar-refractivity contribution in [3.05, 3.63) is 30.3 Å². The molecule has 0 bridgehead atoms. The average Bonchev–Trinajstić information content (AvgIpc) is 2.18. The monoisotopic (exact) mass is 233 g/mol. The highest BCUT2D eigenvalue weighted by Gasteiger charge is 2.10. The topological polar surface area (TPSA) is 20.3 Å². The van der Waals surface area contributed by atoms with Crippen molar-refractivity contribution in [1.29, 1.82) is 0 Å². The zero-order valence-electron chi connectivity index (χ0n) is 6.94. The van der Waals surface area contributed by atoms with Gasteiger partial charge >= 0.3 is 0 Å². The summed E-state index contributed by atoms with van der Waals surface area (Å²) in [6.45, 7) is 0. The molecule has 0 saturated carbocycles.